The van der Waals surface area contributed by atoms with Crippen LogP contribution in [0, 0.1) is 13.8 Å². The molecule has 3 N–H and O–H groups in total. The molecule has 1 saturated carbocycles. The van der Waals surface area contributed by atoms with Crippen LogP contribution in [0.1, 0.15) is 74.6 Å². The zero-order valence-corrected chi connectivity index (χ0v) is 20.5. The van der Waals surface area contributed by atoms with Gasteiger partial charge >= 0.3 is 0 Å². The summed E-state index contributed by atoms with van der Waals surface area (Å²) in [6, 6.07) is 4.17. The molecule has 5 rings (SSSR count). The zero-order valence-electron chi connectivity index (χ0n) is 20.5. The van der Waals surface area contributed by atoms with Crippen LogP contribution < -0.4 is 10.6 Å². The van der Waals surface area contributed by atoms with E-state index in [0.717, 1.165) is 0 Å². The lowest BCUT2D eigenvalue weighted by atomic mass is 9.71. The first-order chi connectivity index (χ1) is 17.9. The number of rotatable bonds is 7. The Balaban J connectivity index is 1.43. The predicted octanol–water partition coefficient (Wildman–Crippen LogP) is 3.98. The lowest BCUT2D eigenvalue weighted by Gasteiger charge is -2.46. The van der Waals surface area contributed by atoms with Crippen molar-refractivity contribution in [3.05, 3.63) is 63.7 Å². The van der Waals surface area contributed by atoms with Gasteiger partial charge in [-0.15, -0.1) is 0 Å². The van der Waals surface area contributed by atoms with E-state index in [-0.39, 0.29) is 33.8 Å². The number of carbonyl (C=O) groups excluding carboxylic acids is 3. The highest BCUT2D eigenvalue weighted by Gasteiger charge is 2.60. The monoisotopic (exact) mass is 532 g/mol. The third-order valence-corrected chi connectivity index (χ3v) is 7.21. The summed E-state index contributed by atoms with van der Waals surface area (Å²) in [6.45, 7) is 3.44. The Morgan fingerprint density at radius 2 is 1.89 bits per heavy atom. The number of amides is 2. The van der Waals surface area contributed by atoms with E-state index in [2.05, 4.69) is 26.0 Å². The van der Waals surface area contributed by atoms with Gasteiger partial charge in [-0.2, -0.15) is 15.4 Å². The summed E-state index contributed by atoms with van der Waals surface area (Å²) in [5.41, 5.74) is -0.180. The van der Waals surface area contributed by atoms with Crippen molar-refractivity contribution in [2.45, 2.75) is 64.0 Å². The number of hydrogen-bond acceptors (Lipinski definition) is 5. The van der Waals surface area contributed by atoms with Gasteiger partial charge in [0.1, 0.15) is 5.69 Å². The van der Waals surface area contributed by atoms with Gasteiger partial charge in [-0.3, -0.25) is 14.4 Å². The normalized spacial score (nSPS) is 17.1. The molecule has 0 bridgehead atoms. The smallest absolute Gasteiger partial charge is 0.294 e. The van der Waals surface area contributed by atoms with E-state index in [0.29, 0.717) is 30.6 Å². The molecule has 9 nitrogen and oxygen atoms in total. The first-order valence-electron chi connectivity index (χ1n) is 12.0. The number of aromatic nitrogens is 4. The average Bonchev–Trinajstić information content (AvgIpc) is 3.56. The van der Waals surface area contributed by atoms with Crippen molar-refractivity contribution in [1.82, 2.24) is 25.3 Å². The maximum Gasteiger partial charge on any atom is 0.294 e. The lowest BCUT2D eigenvalue weighted by molar-refractivity contribution is -0.148. The summed E-state index contributed by atoms with van der Waals surface area (Å²) in [4.78, 5) is 39.7. The second kappa shape index (κ2) is 9.07. The molecule has 13 heteroatoms. The quantitative estimate of drug-likeness (QED) is 0.241. The van der Waals surface area contributed by atoms with Crippen LogP contribution in [0.25, 0.3) is 0 Å². The van der Waals surface area contributed by atoms with Crippen LogP contribution in [0.15, 0.2) is 24.4 Å². The molecule has 2 aliphatic rings. The van der Waals surface area contributed by atoms with Gasteiger partial charge in [-0.05, 0) is 49.9 Å². The first kappa shape index (κ1) is 25.6. The molecule has 0 unspecified atom stereocenters. The number of nitrogens with one attached hydrogen (secondary N) is 3. The van der Waals surface area contributed by atoms with E-state index in [9.17, 15) is 31.9 Å². The second-order valence-corrected chi connectivity index (χ2v) is 9.81. The van der Waals surface area contributed by atoms with Crippen LogP contribution in [0.4, 0.5) is 23.2 Å². The molecule has 0 atom stereocenters. The zero-order chi connectivity index (χ0) is 27.4. The second-order valence-electron chi connectivity index (χ2n) is 9.81. The minimum atomic E-state index is -3.03. The van der Waals surface area contributed by atoms with Crippen LogP contribution in [0.5, 0.6) is 0 Å². The van der Waals surface area contributed by atoms with Gasteiger partial charge in [0.15, 0.2) is 0 Å². The van der Waals surface area contributed by atoms with E-state index in [1.807, 2.05) is 0 Å². The van der Waals surface area contributed by atoms with Gasteiger partial charge < -0.3 is 15.2 Å². The lowest BCUT2D eigenvalue weighted by Crippen LogP contribution is -2.61. The molecule has 0 spiro atoms. The number of Topliss-reactive ketones (excluding diaryl/α,β-unsaturated/α-hetero) is 1. The molecule has 3 aromatic rings. The van der Waals surface area contributed by atoms with Gasteiger partial charge in [0.25, 0.3) is 29.9 Å². The van der Waals surface area contributed by atoms with Crippen LogP contribution in [0.3, 0.4) is 0 Å². The SMILES string of the molecule is Cc1ccc(NC(=O)c2c(C)c(C(=O)C(=O)NC3(c4cn[nH]n4)CC(F)(F)C3)n3c2CCC3)cc1C(F)F. The summed E-state index contributed by atoms with van der Waals surface area (Å²) in [5, 5.41) is 14.8. The number of benzene rings is 1. The number of anilines is 1. The molecule has 38 heavy (non-hydrogen) atoms. The number of nitrogens with zero attached hydrogens (tertiary/aromatic N) is 3. The third kappa shape index (κ3) is 4.25. The van der Waals surface area contributed by atoms with Crippen molar-refractivity contribution in [3.63, 3.8) is 0 Å². The highest BCUT2D eigenvalue weighted by molar-refractivity contribution is 6.43. The van der Waals surface area contributed by atoms with Crippen molar-refractivity contribution < 1.29 is 31.9 Å². The number of alkyl halides is 4. The Labute approximate surface area is 214 Å². The fraction of sp³-hybridized carbons (Fsp3) is 0.400. The number of carbonyl (C=O) groups is 3. The molecule has 2 amide bonds. The van der Waals surface area contributed by atoms with Crippen molar-refractivity contribution in [3.8, 4) is 0 Å². The molecule has 0 saturated heterocycles. The molecule has 0 radical (unpaired) electrons. The Bertz CT molecular complexity index is 1440. The summed E-state index contributed by atoms with van der Waals surface area (Å²) in [5.74, 6) is -5.72. The van der Waals surface area contributed by atoms with Crippen molar-refractivity contribution in [2.75, 3.05) is 5.32 Å². The number of fused-ring (bicyclic) bond motifs is 1. The molecule has 200 valence electrons. The van der Waals surface area contributed by atoms with Crippen LogP contribution in [0.2, 0.25) is 0 Å². The fourth-order valence-electron chi connectivity index (χ4n) is 5.44. The predicted molar refractivity (Wildman–Crippen MR) is 126 cm³/mol. The minimum Gasteiger partial charge on any atom is -0.341 e. The Morgan fingerprint density at radius 1 is 1.16 bits per heavy atom. The Kier molecular flexibility index (Phi) is 6.11. The molecular weight excluding hydrogens is 508 g/mol. The molecule has 3 heterocycles. The van der Waals surface area contributed by atoms with Gasteiger partial charge in [0.2, 0.25) is 0 Å². The number of aromatic amines is 1. The Morgan fingerprint density at radius 3 is 2.53 bits per heavy atom. The first-order valence-corrected chi connectivity index (χ1v) is 12.0. The van der Waals surface area contributed by atoms with Crippen LogP contribution in [-0.4, -0.2) is 43.5 Å². The highest BCUT2D eigenvalue weighted by atomic mass is 19.3. The van der Waals surface area contributed by atoms with E-state index in [1.165, 1.54) is 31.3 Å². The molecule has 1 fully saturated rings. The van der Waals surface area contributed by atoms with Gasteiger partial charge in [-0.25, -0.2) is 17.6 Å². The van der Waals surface area contributed by atoms with Gasteiger partial charge in [-0.1, -0.05) is 6.07 Å². The number of hydrogen-bond donors (Lipinski definition) is 3. The fourth-order valence-corrected chi connectivity index (χ4v) is 5.44. The molecule has 1 aliphatic heterocycles. The highest BCUT2D eigenvalue weighted by Crippen LogP contribution is 2.51. The minimum absolute atomic E-state index is 0.0151. The van der Waals surface area contributed by atoms with E-state index in [1.54, 1.807) is 11.5 Å². The van der Waals surface area contributed by atoms with Crippen LogP contribution >= 0.6 is 0 Å². The van der Waals surface area contributed by atoms with Gasteiger partial charge in [0.05, 0.1) is 23.0 Å². The van der Waals surface area contributed by atoms with Crippen molar-refractivity contribution in [1.29, 1.82) is 0 Å². The molecular formula is C25H24F4N6O3. The number of aryl methyl sites for hydroxylation is 1. The summed E-state index contributed by atoms with van der Waals surface area (Å²) in [6.07, 6.45) is -1.89. The molecule has 1 aromatic carbocycles. The number of ketones is 1. The maximum absolute atomic E-state index is 13.8. The van der Waals surface area contributed by atoms with E-state index < -0.39 is 48.3 Å². The summed E-state index contributed by atoms with van der Waals surface area (Å²) < 4.78 is 55.9. The Hall–Kier alpha value is -4.03. The van der Waals surface area contributed by atoms with E-state index in [4.69, 9.17) is 0 Å². The number of H-pyrrole nitrogens is 1. The standard InChI is InChI=1S/C25H24F4N6O3/c1-12-5-6-14(8-15(12)21(26)27)31-22(37)18-13(2)19(35-7-3-4-16(18)35)20(36)23(38)32-24(10-25(28,29)11-24)17-9-30-34-33-17/h5-6,8-9,21H,3-4,7,10-11H2,1-2H3,(H,31,37)(H,32,38)(H,30,33,34). The van der Waals surface area contributed by atoms with Crippen molar-refractivity contribution >= 4 is 23.3 Å². The molecule has 2 aromatic heterocycles. The van der Waals surface area contributed by atoms with Crippen LogP contribution in [-0.2, 0) is 23.3 Å². The molecule has 1 aliphatic carbocycles. The summed E-state index contributed by atoms with van der Waals surface area (Å²) >= 11 is 0. The summed E-state index contributed by atoms with van der Waals surface area (Å²) in [7, 11) is 0. The third-order valence-electron chi connectivity index (χ3n) is 7.21. The van der Waals surface area contributed by atoms with Crippen molar-refractivity contribution in [2.24, 2.45) is 0 Å². The van der Waals surface area contributed by atoms with Gasteiger partial charge in [0, 0.05) is 36.3 Å². The number of halogens is 4. The maximum atomic E-state index is 13.8. The largest absolute Gasteiger partial charge is 0.341 e. The van der Waals surface area contributed by atoms with E-state index >= 15 is 0 Å². The topological polar surface area (TPSA) is 122 Å². The average molecular weight is 532 g/mol.